The number of hydroxylamine groups is 2. The van der Waals surface area contributed by atoms with Gasteiger partial charge in [0, 0.05) is 0 Å². The second-order valence-electron chi connectivity index (χ2n) is 2.15. The van der Waals surface area contributed by atoms with Crippen LogP contribution in [0.2, 0.25) is 0 Å². The highest BCUT2D eigenvalue weighted by Crippen LogP contribution is 1.90. The molecule has 0 aromatic carbocycles. The van der Waals surface area contributed by atoms with E-state index in [1.54, 1.807) is 19.0 Å². The topological polar surface area (TPSA) is 43.8 Å². The number of nitrogens with zero attached hydrogens (tertiary/aromatic N) is 2. The first-order valence-corrected chi connectivity index (χ1v) is 4.30. The van der Waals surface area contributed by atoms with Crippen molar-refractivity contribution in [3.05, 3.63) is 0 Å². The number of alkyl halides is 1. The van der Waals surface area contributed by atoms with Gasteiger partial charge >= 0.3 is 0 Å². The lowest BCUT2D eigenvalue weighted by Crippen LogP contribution is -2.36. The first-order valence-electron chi connectivity index (χ1n) is 2.78. The van der Waals surface area contributed by atoms with Crippen LogP contribution in [0.5, 0.6) is 0 Å². The summed E-state index contributed by atoms with van der Waals surface area (Å²) in [5, 5.41) is 9.63. The van der Waals surface area contributed by atoms with Crippen molar-refractivity contribution >= 4 is 28.5 Å². The molecule has 0 unspecified atom stereocenters. The zero-order valence-electron chi connectivity index (χ0n) is 6.04. The maximum absolute atomic E-state index is 10.7. The first-order chi connectivity index (χ1) is 4.57. The molecule has 0 aromatic heterocycles. The Balaban J connectivity index is 3.61. The Morgan fingerprint density at radius 3 is 2.40 bits per heavy atom. The van der Waals surface area contributed by atoms with Crippen LogP contribution in [0.25, 0.3) is 0 Å². The third-order valence-electron chi connectivity index (χ3n) is 0.819. The van der Waals surface area contributed by atoms with Gasteiger partial charge in [-0.3, -0.25) is 14.9 Å². The van der Waals surface area contributed by atoms with Gasteiger partial charge < -0.3 is 0 Å². The third kappa shape index (κ3) is 4.02. The maximum atomic E-state index is 10.7. The maximum Gasteiger partial charge on any atom is 0.256 e. The Labute approximate surface area is 73.9 Å². The monoisotopic (exact) mass is 258 g/mol. The molecule has 60 valence electrons. The van der Waals surface area contributed by atoms with Gasteiger partial charge in [0.2, 0.25) is 0 Å². The Morgan fingerprint density at radius 2 is 2.10 bits per heavy atom. The molecule has 1 N–H and O–H groups in total. The molecule has 0 bridgehead atoms. The Kier molecular flexibility index (Phi) is 4.92. The van der Waals surface area contributed by atoms with Crippen molar-refractivity contribution in [2.24, 2.45) is 0 Å². The lowest BCUT2D eigenvalue weighted by molar-refractivity contribution is -0.168. The van der Waals surface area contributed by atoms with Crippen molar-refractivity contribution in [1.29, 1.82) is 0 Å². The van der Waals surface area contributed by atoms with Crippen LogP contribution in [0, 0.1) is 0 Å². The molecule has 0 atom stereocenters. The van der Waals surface area contributed by atoms with E-state index < -0.39 is 0 Å². The highest BCUT2D eigenvalue weighted by atomic mass is 127. The summed E-state index contributed by atoms with van der Waals surface area (Å²) in [5.41, 5.74) is 0. The quantitative estimate of drug-likeness (QED) is 0.258. The van der Waals surface area contributed by atoms with E-state index in [4.69, 9.17) is 5.21 Å². The Hall–Kier alpha value is 0.120. The van der Waals surface area contributed by atoms with Crippen LogP contribution in [0.3, 0.4) is 0 Å². The number of rotatable bonds is 3. The Bertz CT molecular complexity index is 118. The molecular weight excluding hydrogens is 247 g/mol. The van der Waals surface area contributed by atoms with E-state index in [2.05, 4.69) is 0 Å². The van der Waals surface area contributed by atoms with Crippen molar-refractivity contribution in [2.45, 2.75) is 0 Å². The molecule has 0 aliphatic rings. The fraction of sp³-hybridized carbons (Fsp3) is 0.800. The van der Waals surface area contributed by atoms with Crippen LogP contribution in [-0.2, 0) is 4.79 Å². The second-order valence-corrected chi connectivity index (χ2v) is 2.91. The van der Waals surface area contributed by atoms with Gasteiger partial charge in [0.25, 0.3) is 5.91 Å². The molecule has 0 rings (SSSR count). The molecule has 0 spiro atoms. The van der Waals surface area contributed by atoms with Crippen LogP contribution in [0.1, 0.15) is 0 Å². The summed E-state index contributed by atoms with van der Waals surface area (Å²) in [6.45, 7) is 0.252. The molecular formula is C5H11IN2O2. The molecule has 0 heterocycles. The van der Waals surface area contributed by atoms with Gasteiger partial charge in [0.15, 0.2) is 0 Å². The summed E-state index contributed by atoms with van der Waals surface area (Å²) >= 11 is 1.91. The van der Waals surface area contributed by atoms with Crippen LogP contribution >= 0.6 is 22.6 Å². The zero-order valence-corrected chi connectivity index (χ0v) is 8.20. The van der Waals surface area contributed by atoms with E-state index in [-0.39, 0.29) is 12.6 Å². The van der Waals surface area contributed by atoms with Gasteiger partial charge in [-0.05, 0) is 14.1 Å². The number of amides is 1. The van der Waals surface area contributed by atoms with Gasteiger partial charge in [-0.15, -0.1) is 0 Å². The van der Waals surface area contributed by atoms with Crippen molar-refractivity contribution in [3.63, 3.8) is 0 Å². The molecule has 0 aromatic rings. The van der Waals surface area contributed by atoms with Gasteiger partial charge in [-0.2, -0.15) is 0 Å². The average Bonchev–Trinajstić information content (AvgIpc) is 1.85. The molecule has 0 radical (unpaired) electrons. The summed E-state index contributed by atoms with van der Waals surface area (Å²) in [6.07, 6.45) is 0. The van der Waals surface area contributed by atoms with E-state index in [0.29, 0.717) is 9.49 Å². The fourth-order valence-electron chi connectivity index (χ4n) is 0.416. The number of carbonyl (C=O) groups is 1. The highest BCUT2D eigenvalue weighted by molar-refractivity contribution is 14.1. The summed E-state index contributed by atoms with van der Waals surface area (Å²) in [5.74, 6) is -0.269. The van der Waals surface area contributed by atoms with Crippen molar-refractivity contribution in [2.75, 3.05) is 25.2 Å². The molecule has 4 nitrogen and oxygen atoms in total. The molecule has 0 saturated carbocycles. The molecule has 0 aliphatic heterocycles. The standard InChI is InChI=1S/C5H11IN2O2/c1-7(2)4-8(10)5(9)3-6/h10H,3-4H2,1-2H3. The van der Waals surface area contributed by atoms with E-state index in [0.717, 1.165) is 0 Å². The molecule has 10 heavy (non-hydrogen) atoms. The van der Waals surface area contributed by atoms with E-state index in [1.165, 1.54) is 0 Å². The highest BCUT2D eigenvalue weighted by Gasteiger charge is 2.08. The lowest BCUT2D eigenvalue weighted by Gasteiger charge is -2.17. The van der Waals surface area contributed by atoms with Gasteiger partial charge in [0.1, 0.15) is 0 Å². The minimum Gasteiger partial charge on any atom is -0.290 e. The van der Waals surface area contributed by atoms with Gasteiger partial charge in [0.05, 0.1) is 11.1 Å². The van der Waals surface area contributed by atoms with E-state index >= 15 is 0 Å². The summed E-state index contributed by atoms with van der Waals surface area (Å²) in [6, 6.07) is 0. The predicted molar refractivity (Wildman–Crippen MR) is 46.1 cm³/mol. The number of hydrogen-bond acceptors (Lipinski definition) is 3. The third-order valence-corrected chi connectivity index (χ3v) is 1.47. The summed E-state index contributed by atoms with van der Waals surface area (Å²) < 4.78 is 0.308. The summed E-state index contributed by atoms with van der Waals surface area (Å²) in [7, 11) is 3.56. The average molecular weight is 258 g/mol. The zero-order chi connectivity index (χ0) is 8.15. The first kappa shape index (κ1) is 10.1. The van der Waals surface area contributed by atoms with Crippen molar-refractivity contribution < 1.29 is 10.0 Å². The van der Waals surface area contributed by atoms with Crippen LogP contribution in [0.15, 0.2) is 0 Å². The van der Waals surface area contributed by atoms with Crippen LogP contribution in [-0.4, -0.2) is 46.3 Å². The Morgan fingerprint density at radius 1 is 1.60 bits per heavy atom. The molecule has 0 aliphatic carbocycles. The number of carbonyl (C=O) groups excluding carboxylic acids is 1. The smallest absolute Gasteiger partial charge is 0.256 e. The molecule has 0 fully saturated rings. The fourth-order valence-corrected chi connectivity index (χ4v) is 0.810. The van der Waals surface area contributed by atoms with Crippen LogP contribution in [0.4, 0.5) is 0 Å². The summed E-state index contributed by atoms with van der Waals surface area (Å²) in [4.78, 5) is 12.4. The SMILES string of the molecule is CN(C)CN(O)C(=O)CI. The molecule has 0 saturated heterocycles. The minimum atomic E-state index is -0.269. The van der Waals surface area contributed by atoms with E-state index in [1.807, 2.05) is 22.6 Å². The number of hydrogen-bond donors (Lipinski definition) is 1. The minimum absolute atomic E-state index is 0.252. The lowest BCUT2D eigenvalue weighted by atomic mass is 10.7. The van der Waals surface area contributed by atoms with Crippen molar-refractivity contribution in [1.82, 2.24) is 9.96 Å². The largest absolute Gasteiger partial charge is 0.290 e. The number of halogens is 1. The van der Waals surface area contributed by atoms with Crippen molar-refractivity contribution in [3.8, 4) is 0 Å². The predicted octanol–water partition coefficient (Wildman–Crippen LogP) is 0.158. The molecule has 5 heteroatoms. The van der Waals surface area contributed by atoms with Gasteiger partial charge in [-0.25, -0.2) is 5.06 Å². The normalized spacial score (nSPS) is 10.1. The second kappa shape index (κ2) is 4.86. The molecule has 1 amide bonds. The van der Waals surface area contributed by atoms with Crippen LogP contribution < -0.4 is 0 Å². The van der Waals surface area contributed by atoms with E-state index in [9.17, 15) is 4.79 Å². The van der Waals surface area contributed by atoms with Gasteiger partial charge in [-0.1, -0.05) is 22.6 Å².